The Balaban J connectivity index is 1.84. The lowest BCUT2D eigenvalue weighted by molar-refractivity contribution is 0.0777. The van der Waals surface area contributed by atoms with Gasteiger partial charge in [-0.3, -0.25) is 9.59 Å². The second kappa shape index (κ2) is 9.00. The minimum absolute atomic E-state index is 0.0233. The number of nitrogens with two attached hydrogens (primary N) is 1. The number of thiophene rings is 1. The van der Waals surface area contributed by atoms with E-state index in [9.17, 15) is 9.59 Å². The van der Waals surface area contributed by atoms with E-state index in [0.29, 0.717) is 29.4 Å². The normalized spacial score (nSPS) is 15.4. The Morgan fingerprint density at radius 3 is 2.65 bits per heavy atom. The van der Waals surface area contributed by atoms with Crippen LogP contribution in [0, 0.1) is 0 Å². The van der Waals surface area contributed by atoms with E-state index in [4.69, 9.17) is 5.73 Å². The molecular weight excluding hydrogens is 312 g/mol. The second-order valence-corrected chi connectivity index (χ2v) is 6.92. The first-order chi connectivity index (χ1) is 11.1. The highest BCUT2D eigenvalue weighted by Crippen LogP contribution is 2.18. The zero-order chi connectivity index (χ0) is 16.7. The molecule has 0 bridgehead atoms. The van der Waals surface area contributed by atoms with Crippen LogP contribution in [0.15, 0.2) is 12.1 Å². The third kappa shape index (κ3) is 5.30. The number of likely N-dealkylation sites (tertiary alicyclic amines) is 1. The van der Waals surface area contributed by atoms with Crippen molar-refractivity contribution in [3.63, 3.8) is 0 Å². The highest BCUT2D eigenvalue weighted by molar-refractivity contribution is 7.15. The summed E-state index contributed by atoms with van der Waals surface area (Å²) in [5.41, 5.74) is 5.37. The molecule has 0 aliphatic carbocycles. The van der Waals surface area contributed by atoms with Crippen LogP contribution in [-0.4, -0.2) is 67.9 Å². The summed E-state index contributed by atoms with van der Waals surface area (Å²) in [6.07, 6.45) is 3.82. The summed E-state index contributed by atoms with van der Waals surface area (Å²) in [4.78, 5) is 29.6. The maximum absolute atomic E-state index is 12.4. The summed E-state index contributed by atoms with van der Waals surface area (Å²) in [5, 5.41) is 2.71. The Hall–Kier alpha value is -1.44. The topological polar surface area (TPSA) is 78.7 Å². The number of hydrogen-bond acceptors (Lipinski definition) is 5. The molecule has 1 fully saturated rings. The first-order valence-corrected chi connectivity index (χ1v) is 8.99. The molecule has 1 aliphatic rings. The molecule has 0 spiro atoms. The predicted octanol–water partition coefficient (Wildman–Crippen LogP) is 0.994. The molecule has 1 aromatic heterocycles. The number of rotatable bonds is 7. The molecule has 2 heterocycles. The molecular formula is C16H26N4O2S. The van der Waals surface area contributed by atoms with E-state index in [1.165, 1.54) is 30.6 Å². The number of likely N-dealkylation sites (N-methyl/N-ethyl adjacent to an activating group) is 1. The summed E-state index contributed by atoms with van der Waals surface area (Å²) < 4.78 is 0. The summed E-state index contributed by atoms with van der Waals surface area (Å²) >= 11 is 1.23. The molecule has 2 rings (SSSR count). The molecule has 2 amide bonds. The minimum atomic E-state index is -0.171. The van der Waals surface area contributed by atoms with Crippen molar-refractivity contribution in [3.05, 3.63) is 21.9 Å². The number of hydrogen-bond donors (Lipinski definition) is 2. The highest BCUT2D eigenvalue weighted by Gasteiger charge is 2.18. The number of nitrogens with zero attached hydrogens (tertiary/aromatic N) is 2. The molecule has 0 atom stereocenters. The Kier molecular flexibility index (Phi) is 7.01. The highest BCUT2D eigenvalue weighted by atomic mass is 32.1. The summed E-state index contributed by atoms with van der Waals surface area (Å²) in [5.74, 6) is -0.194. The maximum atomic E-state index is 12.4. The van der Waals surface area contributed by atoms with Crippen LogP contribution in [0.5, 0.6) is 0 Å². The molecule has 7 heteroatoms. The molecule has 1 aromatic rings. The van der Waals surface area contributed by atoms with Crippen LogP contribution in [0.1, 0.15) is 38.6 Å². The van der Waals surface area contributed by atoms with Gasteiger partial charge >= 0.3 is 0 Å². The molecule has 0 aromatic carbocycles. The van der Waals surface area contributed by atoms with Crippen LogP contribution in [0.2, 0.25) is 0 Å². The van der Waals surface area contributed by atoms with Gasteiger partial charge in [-0.05, 0) is 38.1 Å². The van der Waals surface area contributed by atoms with Gasteiger partial charge in [0.1, 0.15) is 0 Å². The van der Waals surface area contributed by atoms with Crippen molar-refractivity contribution in [2.24, 2.45) is 5.73 Å². The molecule has 0 unspecified atom stereocenters. The van der Waals surface area contributed by atoms with Crippen LogP contribution in [0.3, 0.4) is 0 Å². The maximum Gasteiger partial charge on any atom is 0.263 e. The van der Waals surface area contributed by atoms with Crippen molar-refractivity contribution in [1.82, 2.24) is 15.1 Å². The Bertz CT molecular complexity index is 526. The average molecular weight is 338 g/mol. The van der Waals surface area contributed by atoms with E-state index in [1.807, 2.05) is 7.05 Å². The fourth-order valence-electron chi connectivity index (χ4n) is 2.61. The van der Waals surface area contributed by atoms with Gasteiger partial charge in [0, 0.05) is 33.2 Å². The van der Waals surface area contributed by atoms with E-state index < -0.39 is 0 Å². The summed E-state index contributed by atoms with van der Waals surface area (Å²) in [6.45, 7) is 4.74. The minimum Gasteiger partial charge on any atom is -0.350 e. The third-order valence-corrected chi connectivity index (χ3v) is 5.09. The molecule has 23 heavy (non-hydrogen) atoms. The van der Waals surface area contributed by atoms with Gasteiger partial charge in [-0.15, -0.1) is 11.3 Å². The number of carbonyl (C=O) groups excluding carboxylic acids is 2. The van der Waals surface area contributed by atoms with Crippen molar-refractivity contribution < 1.29 is 9.59 Å². The quantitative estimate of drug-likeness (QED) is 0.777. The number of nitrogens with one attached hydrogen (secondary N) is 1. The standard InChI is InChI=1S/C16H26N4O2S/c1-19(11-12-20-9-3-2-4-10-20)16(22)14-6-5-13(23-14)15(21)18-8-7-17/h5-6H,2-4,7-12,17H2,1H3,(H,18,21). The number of amides is 2. The Morgan fingerprint density at radius 1 is 1.26 bits per heavy atom. The number of carbonyl (C=O) groups is 2. The Labute approximate surface area is 141 Å². The monoisotopic (exact) mass is 338 g/mol. The SMILES string of the molecule is CN(CCN1CCCCC1)C(=O)c1ccc(C(=O)NCCN)s1. The third-order valence-electron chi connectivity index (χ3n) is 4.02. The van der Waals surface area contributed by atoms with Gasteiger partial charge in [0.2, 0.25) is 0 Å². The molecule has 0 radical (unpaired) electrons. The van der Waals surface area contributed by atoms with Crippen LogP contribution in [-0.2, 0) is 0 Å². The fraction of sp³-hybridized carbons (Fsp3) is 0.625. The van der Waals surface area contributed by atoms with Crippen molar-refractivity contribution in [1.29, 1.82) is 0 Å². The summed E-state index contributed by atoms with van der Waals surface area (Å²) in [7, 11) is 1.82. The molecule has 1 saturated heterocycles. The van der Waals surface area contributed by atoms with Crippen molar-refractivity contribution in [3.8, 4) is 0 Å². The average Bonchev–Trinajstić information content (AvgIpc) is 3.08. The van der Waals surface area contributed by atoms with Gasteiger partial charge in [-0.25, -0.2) is 0 Å². The molecule has 128 valence electrons. The zero-order valence-corrected chi connectivity index (χ0v) is 14.5. The van der Waals surface area contributed by atoms with E-state index >= 15 is 0 Å². The molecule has 6 nitrogen and oxygen atoms in total. The van der Waals surface area contributed by atoms with E-state index in [2.05, 4.69) is 10.2 Å². The summed E-state index contributed by atoms with van der Waals surface area (Å²) in [6, 6.07) is 3.42. The second-order valence-electron chi connectivity index (χ2n) is 5.84. The van der Waals surface area contributed by atoms with Crippen LogP contribution in [0.25, 0.3) is 0 Å². The van der Waals surface area contributed by atoms with Crippen molar-refractivity contribution in [2.45, 2.75) is 19.3 Å². The van der Waals surface area contributed by atoms with E-state index in [1.54, 1.807) is 17.0 Å². The van der Waals surface area contributed by atoms with Crippen LogP contribution < -0.4 is 11.1 Å². The lowest BCUT2D eigenvalue weighted by atomic mass is 10.1. The molecule has 0 saturated carbocycles. The van der Waals surface area contributed by atoms with Crippen molar-refractivity contribution in [2.75, 3.05) is 46.3 Å². The fourth-order valence-corrected chi connectivity index (χ4v) is 3.53. The van der Waals surface area contributed by atoms with Crippen LogP contribution >= 0.6 is 11.3 Å². The van der Waals surface area contributed by atoms with Gasteiger partial charge in [-0.1, -0.05) is 6.42 Å². The number of piperidine rings is 1. The molecule has 1 aliphatic heterocycles. The van der Waals surface area contributed by atoms with Crippen LogP contribution in [0.4, 0.5) is 0 Å². The van der Waals surface area contributed by atoms with E-state index in [-0.39, 0.29) is 11.8 Å². The Morgan fingerprint density at radius 2 is 1.96 bits per heavy atom. The van der Waals surface area contributed by atoms with Crippen molar-refractivity contribution >= 4 is 23.2 Å². The lowest BCUT2D eigenvalue weighted by Gasteiger charge is -2.28. The van der Waals surface area contributed by atoms with E-state index in [0.717, 1.165) is 19.6 Å². The van der Waals surface area contributed by atoms with Gasteiger partial charge in [0.05, 0.1) is 9.75 Å². The van der Waals surface area contributed by atoms with Gasteiger partial charge in [-0.2, -0.15) is 0 Å². The predicted molar refractivity (Wildman–Crippen MR) is 93.0 cm³/mol. The smallest absolute Gasteiger partial charge is 0.263 e. The first-order valence-electron chi connectivity index (χ1n) is 8.17. The lowest BCUT2D eigenvalue weighted by Crippen LogP contribution is -2.38. The first kappa shape index (κ1) is 17.9. The largest absolute Gasteiger partial charge is 0.350 e. The van der Waals surface area contributed by atoms with Gasteiger partial charge in [0.15, 0.2) is 0 Å². The molecule has 3 N–H and O–H groups in total. The van der Waals surface area contributed by atoms with Gasteiger partial charge in [0.25, 0.3) is 11.8 Å². The zero-order valence-electron chi connectivity index (χ0n) is 13.7. The van der Waals surface area contributed by atoms with Gasteiger partial charge < -0.3 is 20.9 Å².